The molecule has 2 rings (SSSR count). The van der Waals surface area contributed by atoms with Crippen LogP contribution in [0, 0.1) is 0 Å². The smallest absolute Gasteiger partial charge is 0.253 e. The Kier molecular flexibility index (Phi) is 3.99. The van der Waals surface area contributed by atoms with Crippen LogP contribution in [-0.2, 0) is 6.54 Å². The molecule has 1 aliphatic rings. The van der Waals surface area contributed by atoms with Gasteiger partial charge in [0.05, 0.1) is 0 Å². The van der Waals surface area contributed by atoms with Crippen LogP contribution in [0.5, 0.6) is 0 Å². The number of benzene rings is 1. The predicted molar refractivity (Wildman–Crippen MR) is 72.3 cm³/mol. The molecule has 18 heavy (non-hydrogen) atoms. The Bertz CT molecular complexity index is 433. The predicted octanol–water partition coefficient (Wildman–Crippen LogP) is 0.921. The van der Waals surface area contributed by atoms with Crippen molar-refractivity contribution in [1.82, 2.24) is 9.80 Å². The molecule has 1 aromatic carbocycles. The quantitative estimate of drug-likeness (QED) is 0.845. The summed E-state index contributed by atoms with van der Waals surface area (Å²) < 4.78 is 0. The lowest BCUT2D eigenvalue weighted by atomic mass is 10.1. The fourth-order valence-electron chi connectivity index (χ4n) is 2.25. The highest BCUT2D eigenvalue weighted by atomic mass is 16.2. The number of rotatable bonds is 2. The van der Waals surface area contributed by atoms with Crippen LogP contribution >= 0.6 is 0 Å². The average molecular weight is 247 g/mol. The fraction of sp³-hybridized carbons (Fsp3) is 0.500. The van der Waals surface area contributed by atoms with E-state index in [1.165, 1.54) is 0 Å². The lowest BCUT2D eigenvalue weighted by molar-refractivity contribution is 0.0572. The Morgan fingerprint density at radius 2 is 2.22 bits per heavy atom. The van der Waals surface area contributed by atoms with Gasteiger partial charge in [-0.2, -0.15) is 0 Å². The molecule has 1 aliphatic heterocycles. The number of carbonyl (C=O) groups is 1. The molecule has 98 valence electrons. The molecule has 0 aromatic heterocycles. The third-order valence-electron chi connectivity index (χ3n) is 3.66. The summed E-state index contributed by atoms with van der Waals surface area (Å²) in [5.74, 6) is 0.116. The van der Waals surface area contributed by atoms with Crippen LogP contribution in [0.1, 0.15) is 22.8 Å². The molecule has 0 saturated carbocycles. The van der Waals surface area contributed by atoms with E-state index in [4.69, 9.17) is 5.73 Å². The molecule has 0 spiro atoms. The first-order chi connectivity index (χ1) is 8.61. The molecule has 0 bridgehead atoms. The molecule has 4 nitrogen and oxygen atoms in total. The van der Waals surface area contributed by atoms with Crippen LogP contribution in [0.2, 0.25) is 0 Å². The van der Waals surface area contributed by atoms with Crippen LogP contribution in [-0.4, -0.2) is 48.4 Å². The molecule has 1 amide bonds. The number of carbonyl (C=O) groups excluding carboxylic acids is 1. The summed E-state index contributed by atoms with van der Waals surface area (Å²) in [6.07, 6.45) is 0. The summed E-state index contributed by atoms with van der Waals surface area (Å²) >= 11 is 0. The molecule has 1 unspecified atom stereocenters. The van der Waals surface area contributed by atoms with Gasteiger partial charge in [-0.1, -0.05) is 12.1 Å². The third-order valence-corrected chi connectivity index (χ3v) is 3.66. The highest BCUT2D eigenvalue weighted by molar-refractivity contribution is 5.94. The minimum Gasteiger partial charge on any atom is -0.336 e. The zero-order chi connectivity index (χ0) is 13.1. The lowest BCUT2D eigenvalue weighted by Gasteiger charge is -2.37. The third kappa shape index (κ3) is 2.71. The normalized spacial score (nSPS) is 21.1. The summed E-state index contributed by atoms with van der Waals surface area (Å²) in [6.45, 7) is 5.15. The van der Waals surface area contributed by atoms with Gasteiger partial charge in [-0.15, -0.1) is 0 Å². The molecule has 0 aliphatic carbocycles. The molecule has 1 aromatic rings. The van der Waals surface area contributed by atoms with Crippen LogP contribution in [0.15, 0.2) is 24.3 Å². The molecule has 0 radical (unpaired) electrons. The van der Waals surface area contributed by atoms with Gasteiger partial charge in [-0.05, 0) is 31.7 Å². The number of hydrogen-bond acceptors (Lipinski definition) is 3. The maximum absolute atomic E-state index is 12.4. The first-order valence-corrected chi connectivity index (χ1v) is 6.40. The van der Waals surface area contributed by atoms with E-state index in [1.54, 1.807) is 0 Å². The number of nitrogens with zero attached hydrogens (tertiary/aromatic N) is 2. The summed E-state index contributed by atoms with van der Waals surface area (Å²) in [7, 11) is 2.10. The van der Waals surface area contributed by atoms with E-state index in [9.17, 15) is 4.79 Å². The van der Waals surface area contributed by atoms with Crippen LogP contribution in [0.3, 0.4) is 0 Å². The Morgan fingerprint density at radius 1 is 1.44 bits per heavy atom. The Balaban J connectivity index is 2.11. The first kappa shape index (κ1) is 13.1. The van der Waals surface area contributed by atoms with E-state index in [0.29, 0.717) is 12.6 Å². The summed E-state index contributed by atoms with van der Waals surface area (Å²) in [6, 6.07) is 8.02. The molecular weight excluding hydrogens is 226 g/mol. The zero-order valence-corrected chi connectivity index (χ0v) is 11.1. The number of nitrogens with two attached hydrogens (primary N) is 1. The first-order valence-electron chi connectivity index (χ1n) is 6.40. The van der Waals surface area contributed by atoms with Crippen molar-refractivity contribution < 1.29 is 4.79 Å². The molecular formula is C14H21N3O. The molecule has 1 saturated heterocycles. The van der Waals surface area contributed by atoms with Gasteiger partial charge in [-0.25, -0.2) is 0 Å². The summed E-state index contributed by atoms with van der Waals surface area (Å²) in [4.78, 5) is 16.6. The number of amides is 1. The second-order valence-electron chi connectivity index (χ2n) is 4.99. The fourth-order valence-corrected chi connectivity index (χ4v) is 2.25. The molecule has 4 heteroatoms. The van der Waals surface area contributed by atoms with Crippen LogP contribution in [0.4, 0.5) is 0 Å². The SMILES string of the molecule is CC1CN(C(=O)c2cccc(CN)c2)CCN1C. The van der Waals surface area contributed by atoms with Gasteiger partial charge in [0.1, 0.15) is 0 Å². The van der Waals surface area contributed by atoms with Crippen molar-refractivity contribution in [2.75, 3.05) is 26.7 Å². The zero-order valence-electron chi connectivity index (χ0n) is 11.1. The van der Waals surface area contributed by atoms with Gasteiger partial charge in [0.15, 0.2) is 0 Å². The summed E-state index contributed by atoms with van der Waals surface area (Å²) in [5.41, 5.74) is 7.35. The Hall–Kier alpha value is -1.39. The van der Waals surface area contributed by atoms with Crippen molar-refractivity contribution in [2.45, 2.75) is 19.5 Å². The van der Waals surface area contributed by atoms with Gasteiger partial charge in [0, 0.05) is 37.8 Å². The van der Waals surface area contributed by atoms with E-state index in [0.717, 1.165) is 30.8 Å². The second-order valence-corrected chi connectivity index (χ2v) is 4.99. The van der Waals surface area contributed by atoms with Gasteiger partial charge in [0.25, 0.3) is 5.91 Å². The highest BCUT2D eigenvalue weighted by Gasteiger charge is 2.24. The minimum absolute atomic E-state index is 0.116. The second kappa shape index (κ2) is 5.50. The maximum Gasteiger partial charge on any atom is 0.253 e. The number of likely N-dealkylation sites (N-methyl/N-ethyl adjacent to an activating group) is 1. The minimum atomic E-state index is 0.116. The lowest BCUT2D eigenvalue weighted by Crippen LogP contribution is -2.52. The van der Waals surface area contributed by atoms with E-state index in [2.05, 4.69) is 18.9 Å². The monoisotopic (exact) mass is 247 g/mol. The van der Waals surface area contributed by atoms with Crippen molar-refractivity contribution in [2.24, 2.45) is 5.73 Å². The molecule has 2 N–H and O–H groups in total. The van der Waals surface area contributed by atoms with Gasteiger partial charge in [0.2, 0.25) is 0 Å². The maximum atomic E-state index is 12.4. The Morgan fingerprint density at radius 3 is 2.89 bits per heavy atom. The van der Waals surface area contributed by atoms with E-state index in [1.807, 2.05) is 29.2 Å². The summed E-state index contributed by atoms with van der Waals surface area (Å²) in [5, 5.41) is 0. The van der Waals surface area contributed by atoms with Crippen molar-refractivity contribution in [3.8, 4) is 0 Å². The van der Waals surface area contributed by atoms with Crippen LogP contribution < -0.4 is 5.73 Å². The molecule has 1 fully saturated rings. The number of hydrogen-bond donors (Lipinski definition) is 1. The topological polar surface area (TPSA) is 49.6 Å². The molecule has 1 atom stereocenters. The largest absolute Gasteiger partial charge is 0.336 e. The van der Waals surface area contributed by atoms with Gasteiger partial charge in [-0.3, -0.25) is 4.79 Å². The van der Waals surface area contributed by atoms with Gasteiger partial charge < -0.3 is 15.5 Å². The van der Waals surface area contributed by atoms with Crippen molar-refractivity contribution in [3.63, 3.8) is 0 Å². The molecule has 1 heterocycles. The van der Waals surface area contributed by atoms with Gasteiger partial charge >= 0.3 is 0 Å². The standard InChI is InChI=1S/C14H21N3O/c1-11-10-17(7-6-16(11)2)14(18)13-5-3-4-12(8-13)9-15/h3-5,8,11H,6-7,9-10,15H2,1-2H3. The van der Waals surface area contributed by atoms with E-state index in [-0.39, 0.29) is 5.91 Å². The van der Waals surface area contributed by atoms with Crippen molar-refractivity contribution >= 4 is 5.91 Å². The number of piperazine rings is 1. The van der Waals surface area contributed by atoms with Crippen molar-refractivity contribution in [3.05, 3.63) is 35.4 Å². The van der Waals surface area contributed by atoms with Crippen molar-refractivity contribution in [1.29, 1.82) is 0 Å². The Labute approximate surface area is 108 Å². The van der Waals surface area contributed by atoms with E-state index >= 15 is 0 Å². The highest BCUT2D eigenvalue weighted by Crippen LogP contribution is 2.13. The van der Waals surface area contributed by atoms with Crippen LogP contribution in [0.25, 0.3) is 0 Å². The average Bonchev–Trinajstić information content (AvgIpc) is 2.41. The van der Waals surface area contributed by atoms with E-state index < -0.39 is 0 Å².